The van der Waals surface area contributed by atoms with Gasteiger partial charge in [0, 0.05) is 6.54 Å². The van der Waals surface area contributed by atoms with Gasteiger partial charge in [-0.15, -0.1) is 0 Å². The molecule has 0 bridgehead atoms. The standard InChI is InChI=1S/C14H21NO2/c1-15-9-11-6-4-5-10-7-13(16-2)14(17-3)8-12(10)11/h7-8,11,15H,4-6,9H2,1-3H3/t11-/m1/s1. The van der Waals surface area contributed by atoms with Crippen LogP contribution in [-0.2, 0) is 6.42 Å². The fourth-order valence-corrected chi connectivity index (χ4v) is 2.69. The molecule has 3 nitrogen and oxygen atoms in total. The second-order valence-corrected chi connectivity index (χ2v) is 4.55. The molecule has 0 heterocycles. The largest absolute Gasteiger partial charge is 0.493 e. The van der Waals surface area contributed by atoms with E-state index in [0.717, 1.165) is 24.5 Å². The van der Waals surface area contributed by atoms with Gasteiger partial charge in [-0.25, -0.2) is 0 Å². The van der Waals surface area contributed by atoms with Crippen molar-refractivity contribution in [2.45, 2.75) is 25.2 Å². The lowest BCUT2D eigenvalue weighted by Gasteiger charge is -2.26. The molecule has 0 fully saturated rings. The third kappa shape index (κ3) is 2.39. The Hall–Kier alpha value is -1.22. The van der Waals surface area contributed by atoms with Crippen LogP contribution < -0.4 is 14.8 Å². The molecule has 0 spiro atoms. The number of nitrogens with one attached hydrogen (secondary N) is 1. The molecular weight excluding hydrogens is 214 g/mol. The third-order valence-electron chi connectivity index (χ3n) is 3.53. The Kier molecular flexibility index (Phi) is 3.89. The van der Waals surface area contributed by atoms with Crippen LogP contribution in [0.1, 0.15) is 29.9 Å². The number of methoxy groups -OCH3 is 2. The van der Waals surface area contributed by atoms with Crippen LogP contribution in [0.4, 0.5) is 0 Å². The topological polar surface area (TPSA) is 30.5 Å². The molecule has 0 radical (unpaired) electrons. The molecule has 17 heavy (non-hydrogen) atoms. The van der Waals surface area contributed by atoms with Crippen LogP contribution >= 0.6 is 0 Å². The highest BCUT2D eigenvalue weighted by atomic mass is 16.5. The molecule has 1 aromatic carbocycles. The fourth-order valence-electron chi connectivity index (χ4n) is 2.69. The first-order chi connectivity index (χ1) is 8.30. The molecule has 0 amide bonds. The van der Waals surface area contributed by atoms with Crippen LogP contribution in [0.2, 0.25) is 0 Å². The maximum Gasteiger partial charge on any atom is 0.161 e. The predicted molar refractivity (Wildman–Crippen MR) is 69.2 cm³/mol. The Morgan fingerprint density at radius 2 is 1.94 bits per heavy atom. The summed E-state index contributed by atoms with van der Waals surface area (Å²) in [6.07, 6.45) is 3.66. The van der Waals surface area contributed by atoms with Crippen LogP contribution in [-0.4, -0.2) is 27.8 Å². The smallest absolute Gasteiger partial charge is 0.161 e. The molecule has 1 aliphatic carbocycles. The van der Waals surface area contributed by atoms with Crippen LogP contribution in [0.5, 0.6) is 11.5 Å². The lowest BCUT2D eigenvalue weighted by Crippen LogP contribution is -2.21. The van der Waals surface area contributed by atoms with Gasteiger partial charge < -0.3 is 14.8 Å². The summed E-state index contributed by atoms with van der Waals surface area (Å²) >= 11 is 0. The summed E-state index contributed by atoms with van der Waals surface area (Å²) in [6, 6.07) is 4.28. The van der Waals surface area contributed by atoms with Crippen molar-refractivity contribution in [2.24, 2.45) is 0 Å². The molecule has 2 rings (SSSR count). The highest BCUT2D eigenvalue weighted by molar-refractivity contribution is 5.49. The first-order valence-corrected chi connectivity index (χ1v) is 6.19. The number of benzene rings is 1. The number of fused-ring (bicyclic) bond motifs is 1. The molecule has 1 aliphatic rings. The van der Waals surface area contributed by atoms with Gasteiger partial charge in [-0.1, -0.05) is 0 Å². The van der Waals surface area contributed by atoms with Gasteiger partial charge in [0.25, 0.3) is 0 Å². The van der Waals surface area contributed by atoms with E-state index in [2.05, 4.69) is 17.4 Å². The maximum atomic E-state index is 5.38. The second kappa shape index (κ2) is 5.41. The van der Waals surface area contributed by atoms with Crippen molar-refractivity contribution in [3.63, 3.8) is 0 Å². The first-order valence-electron chi connectivity index (χ1n) is 6.19. The minimum atomic E-state index is 0.601. The van der Waals surface area contributed by atoms with Crippen LogP contribution in [0.15, 0.2) is 12.1 Å². The number of ether oxygens (including phenoxy) is 2. The van der Waals surface area contributed by atoms with Crippen molar-refractivity contribution in [1.29, 1.82) is 0 Å². The molecule has 0 saturated carbocycles. The molecule has 0 aliphatic heterocycles. The highest BCUT2D eigenvalue weighted by Gasteiger charge is 2.22. The molecule has 0 saturated heterocycles. The molecule has 0 aromatic heterocycles. The average molecular weight is 235 g/mol. The van der Waals surface area contributed by atoms with Crippen LogP contribution in [0.3, 0.4) is 0 Å². The summed E-state index contributed by atoms with van der Waals surface area (Å²) in [4.78, 5) is 0. The number of likely N-dealkylation sites (N-methyl/N-ethyl adjacent to an activating group) is 1. The molecule has 1 N–H and O–H groups in total. The Labute approximate surface area is 103 Å². The molecule has 1 atom stereocenters. The SMILES string of the molecule is CNC[C@H]1CCCc2cc(OC)c(OC)cc21. The van der Waals surface area contributed by atoms with Crippen LogP contribution in [0.25, 0.3) is 0 Å². The van der Waals surface area contributed by atoms with Gasteiger partial charge in [0.1, 0.15) is 0 Å². The van der Waals surface area contributed by atoms with E-state index in [0.29, 0.717) is 5.92 Å². The number of aryl methyl sites for hydroxylation is 1. The van der Waals surface area contributed by atoms with Gasteiger partial charge in [0.05, 0.1) is 14.2 Å². The molecule has 94 valence electrons. The lowest BCUT2D eigenvalue weighted by molar-refractivity contribution is 0.352. The van der Waals surface area contributed by atoms with Crippen molar-refractivity contribution in [1.82, 2.24) is 5.32 Å². The summed E-state index contributed by atoms with van der Waals surface area (Å²) in [5.41, 5.74) is 2.83. The van der Waals surface area contributed by atoms with Gasteiger partial charge in [-0.05, 0) is 55.5 Å². The molecule has 0 unspecified atom stereocenters. The van der Waals surface area contributed by atoms with Crippen molar-refractivity contribution in [3.05, 3.63) is 23.3 Å². The van der Waals surface area contributed by atoms with E-state index in [-0.39, 0.29) is 0 Å². The summed E-state index contributed by atoms with van der Waals surface area (Å²) in [5.74, 6) is 2.29. The minimum absolute atomic E-state index is 0.601. The van der Waals surface area contributed by atoms with Gasteiger partial charge in [0.2, 0.25) is 0 Å². The predicted octanol–water partition coefficient (Wildman–Crippen LogP) is 2.34. The summed E-state index contributed by atoms with van der Waals surface area (Å²) in [7, 11) is 5.40. The van der Waals surface area contributed by atoms with E-state index in [1.807, 2.05) is 7.05 Å². The van der Waals surface area contributed by atoms with E-state index in [4.69, 9.17) is 9.47 Å². The number of rotatable bonds is 4. The van der Waals surface area contributed by atoms with E-state index >= 15 is 0 Å². The maximum absolute atomic E-state index is 5.38. The monoisotopic (exact) mass is 235 g/mol. The normalized spacial score (nSPS) is 18.6. The zero-order chi connectivity index (χ0) is 12.3. The zero-order valence-electron chi connectivity index (χ0n) is 10.9. The summed E-state index contributed by atoms with van der Waals surface area (Å²) in [6.45, 7) is 1.03. The average Bonchev–Trinajstić information content (AvgIpc) is 2.38. The summed E-state index contributed by atoms with van der Waals surface area (Å²) < 4.78 is 10.7. The molecule has 1 aromatic rings. The second-order valence-electron chi connectivity index (χ2n) is 4.55. The third-order valence-corrected chi connectivity index (χ3v) is 3.53. The number of hydrogen-bond donors (Lipinski definition) is 1. The van der Waals surface area contributed by atoms with Crippen molar-refractivity contribution < 1.29 is 9.47 Å². The lowest BCUT2D eigenvalue weighted by atomic mass is 9.82. The summed E-state index contributed by atoms with van der Waals surface area (Å²) in [5, 5.41) is 3.27. The Morgan fingerprint density at radius 1 is 1.24 bits per heavy atom. The number of hydrogen-bond acceptors (Lipinski definition) is 3. The van der Waals surface area contributed by atoms with Gasteiger partial charge >= 0.3 is 0 Å². The zero-order valence-corrected chi connectivity index (χ0v) is 10.9. The highest BCUT2D eigenvalue weighted by Crippen LogP contribution is 2.38. The van der Waals surface area contributed by atoms with Crippen LogP contribution in [0, 0.1) is 0 Å². The van der Waals surface area contributed by atoms with Gasteiger partial charge in [0.15, 0.2) is 11.5 Å². The fraction of sp³-hybridized carbons (Fsp3) is 0.571. The molecular formula is C14H21NO2. The van der Waals surface area contributed by atoms with E-state index in [9.17, 15) is 0 Å². The van der Waals surface area contributed by atoms with Crippen molar-refractivity contribution in [2.75, 3.05) is 27.8 Å². The Bertz CT molecular complexity index is 390. The van der Waals surface area contributed by atoms with E-state index in [1.165, 1.54) is 24.0 Å². The Morgan fingerprint density at radius 3 is 2.59 bits per heavy atom. The quantitative estimate of drug-likeness (QED) is 0.869. The minimum Gasteiger partial charge on any atom is -0.493 e. The van der Waals surface area contributed by atoms with Gasteiger partial charge in [-0.2, -0.15) is 0 Å². The molecule has 3 heteroatoms. The van der Waals surface area contributed by atoms with E-state index < -0.39 is 0 Å². The Balaban J connectivity index is 2.39. The van der Waals surface area contributed by atoms with Gasteiger partial charge in [-0.3, -0.25) is 0 Å². The van der Waals surface area contributed by atoms with Crippen molar-refractivity contribution >= 4 is 0 Å². The first kappa shape index (κ1) is 12.2. The van der Waals surface area contributed by atoms with Crippen molar-refractivity contribution in [3.8, 4) is 11.5 Å². The van der Waals surface area contributed by atoms with E-state index in [1.54, 1.807) is 14.2 Å².